The molecule has 29 heavy (non-hydrogen) atoms. The first kappa shape index (κ1) is 19.4. The molecule has 0 N–H and O–H groups in total. The molecule has 0 fully saturated rings. The molecule has 0 saturated heterocycles. The van der Waals surface area contributed by atoms with E-state index in [1.165, 1.54) is 18.2 Å². The summed E-state index contributed by atoms with van der Waals surface area (Å²) in [7, 11) is 0. The van der Waals surface area contributed by atoms with E-state index in [1.54, 1.807) is 6.07 Å². The van der Waals surface area contributed by atoms with Gasteiger partial charge in [-0.05, 0) is 55.0 Å². The Morgan fingerprint density at radius 2 is 1.72 bits per heavy atom. The van der Waals surface area contributed by atoms with E-state index in [2.05, 4.69) is 17.7 Å². The first-order valence-electron chi connectivity index (χ1n) is 9.25. The molecule has 3 aromatic rings. The maximum absolute atomic E-state index is 14.9. The quantitative estimate of drug-likeness (QED) is 0.257. The van der Waals surface area contributed by atoms with Gasteiger partial charge in [-0.15, -0.1) is 0 Å². The molecule has 0 spiro atoms. The van der Waals surface area contributed by atoms with Gasteiger partial charge in [0.1, 0.15) is 6.61 Å². The van der Waals surface area contributed by atoms with Gasteiger partial charge in [0.2, 0.25) is 11.6 Å². The Morgan fingerprint density at radius 3 is 2.34 bits per heavy atom. The molecule has 7 heteroatoms. The summed E-state index contributed by atoms with van der Waals surface area (Å²) in [5.41, 5.74) is 0.686. The Bertz CT molecular complexity index is 1130. The summed E-state index contributed by atoms with van der Waals surface area (Å²) in [6, 6.07) is 5.67. The Balaban J connectivity index is 1.66. The lowest BCUT2D eigenvalue weighted by atomic mass is 9.91. The molecule has 3 nitrogen and oxygen atoms in total. The molecule has 1 aliphatic carbocycles. The van der Waals surface area contributed by atoms with Crippen LogP contribution in [0.25, 0.3) is 21.9 Å². The molecule has 1 heterocycles. The average molecular weight is 406 g/mol. The number of fused-ring (bicyclic) bond motifs is 3. The van der Waals surface area contributed by atoms with Gasteiger partial charge >= 0.3 is 6.08 Å². The molecule has 0 radical (unpaired) electrons. The van der Waals surface area contributed by atoms with E-state index in [9.17, 15) is 17.6 Å². The average Bonchev–Trinajstić information content (AvgIpc) is 3.08. The third-order valence-corrected chi connectivity index (χ3v) is 5.07. The van der Waals surface area contributed by atoms with Crippen LogP contribution in [0.2, 0.25) is 0 Å². The zero-order chi connectivity index (χ0) is 20.5. The van der Waals surface area contributed by atoms with Crippen LogP contribution in [0.3, 0.4) is 0 Å². The number of furan rings is 1. The zero-order valence-corrected chi connectivity index (χ0v) is 15.6. The normalized spacial score (nSPS) is 16.7. The van der Waals surface area contributed by atoms with Crippen LogP contribution in [0, 0.1) is 17.6 Å². The van der Waals surface area contributed by atoms with Gasteiger partial charge in [-0.25, -0.2) is 0 Å². The molecule has 4 rings (SSSR count). The van der Waals surface area contributed by atoms with Crippen molar-refractivity contribution < 1.29 is 31.5 Å². The molecule has 2 aromatic carbocycles. The van der Waals surface area contributed by atoms with Crippen LogP contribution in [0.15, 0.2) is 52.7 Å². The van der Waals surface area contributed by atoms with Crippen LogP contribution in [-0.2, 0) is 0 Å². The Morgan fingerprint density at radius 1 is 1.07 bits per heavy atom. The van der Waals surface area contributed by atoms with Crippen molar-refractivity contribution in [1.82, 2.24) is 0 Å². The number of halogens is 4. The highest BCUT2D eigenvalue weighted by Crippen LogP contribution is 2.38. The molecule has 1 aromatic heterocycles. The fraction of sp³-hybridized carbons (Fsp3) is 0.273. The van der Waals surface area contributed by atoms with E-state index in [1.807, 2.05) is 0 Å². The maximum Gasteiger partial charge on any atom is 0.305 e. The van der Waals surface area contributed by atoms with Gasteiger partial charge in [0.05, 0.1) is 0 Å². The number of hydrogen-bond acceptors (Lipinski definition) is 3. The predicted octanol–water partition coefficient (Wildman–Crippen LogP) is 7.11. The monoisotopic (exact) mass is 406 g/mol. The van der Waals surface area contributed by atoms with E-state index in [-0.39, 0.29) is 29.8 Å². The highest BCUT2D eigenvalue weighted by molar-refractivity contribution is 6.06. The van der Waals surface area contributed by atoms with Crippen molar-refractivity contribution in [2.24, 2.45) is 5.92 Å². The smallest absolute Gasteiger partial charge is 0.305 e. The molecule has 0 amide bonds. The molecular formula is C22H18F4O3. The SMILES string of the molecule is CC1CC=C(COc2ccc3c(oc4c(F)c(OC=C(F)F)ccc43)c2F)CC1. The second-order valence-electron chi connectivity index (χ2n) is 7.17. The van der Waals surface area contributed by atoms with Gasteiger partial charge in [-0.3, -0.25) is 0 Å². The summed E-state index contributed by atoms with van der Waals surface area (Å²) < 4.78 is 69.4. The van der Waals surface area contributed by atoms with Crippen LogP contribution >= 0.6 is 0 Å². The van der Waals surface area contributed by atoms with Crippen molar-refractivity contribution in [2.45, 2.75) is 26.2 Å². The summed E-state index contributed by atoms with van der Waals surface area (Å²) >= 11 is 0. The van der Waals surface area contributed by atoms with Gasteiger partial charge < -0.3 is 13.9 Å². The predicted molar refractivity (Wildman–Crippen MR) is 101 cm³/mol. The minimum Gasteiger partial charge on any atom is -0.486 e. The molecule has 0 aliphatic heterocycles. The van der Waals surface area contributed by atoms with Crippen LogP contribution < -0.4 is 9.47 Å². The third-order valence-electron chi connectivity index (χ3n) is 5.07. The van der Waals surface area contributed by atoms with Crippen LogP contribution in [0.5, 0.6) is 11.5 Å². The summed E-state index contributed by atoms with van der Waals surface area (Å²) in [5.74, 6) is -1.52. The topological polar surface area (TPSA) is 31.6 Å². The van der Waals surface area contributed by atoms with Crippen LogP contribution in [0.4, 0.5) is 17.6 Å². The van der Waals surface area contributed by atoms with Gasteiger partial charge in [-0.2, -0.15) is 17.6 Å². The molecule has 1 aliphatic rings. The van der Waals surface area contributed by atoms with Gasteiger partial charge in [0, 0.05) is 10.8 Å². The molecule has 0 saturated carbocycles. The standard InChI is InChI=1S/C22H18F4O3/c1-12-2-4-13(5-3-12)10-27-16-8-6-14-15-7-9-17(28-11-18(23)24)20(26)22(15)29-21(14)19(16)25/h4,6-9,11-12H,2-3,5,10H2,1H3. The summed E-state index contributed by atoms with van der Waals surface area (Å²) in [6.45, 7) is 2.46. The lowest BCUT2D eigenvalue weighted by Crippen LogP contribution is -2.08. The number of allylic oxidation sites excluding steroid dienone is 1. The van der Waals surface area contributed by atoms with Crippen molar-refractivity contribution in [1.29, 1.82) is 0 Å². The van der Waals surface area contributed by atoms with Gasteiger partial charge in [-0.1, -0.05) is 13.0 Å². The lowest BCUT2D eigenvalue weighted by Gasteiger charge is -2.18. The maximum atomic E-state index is 14.9. The molecule has 1 atom stereocenters. The molecule has 152 valence electrons. The van der Waals surface area contributed by atoms with Crippen molar-refractivity contribution in [3.05, 3.63) is 59.9 Å². The largest absolute Gasteiger partial charge is 0.486 e. The van der Waals surface area contributed by atoms with E-state index >= 15 is 0 Å². The minimum absolute atomic E-state index is 0.00962. The summed E-state index contributed by atoms with van der Waals surface area (Å²) in [5, 5.41) is 0.664. The molecule has 1 unspecified atom stereocenters. The first-order chi connectivity index (χ1) is 13.9. The van der Waals surface area contributed by atoms with E-state index in [4.69, 9.17) is 9.15 Å². The Kier molecular flexibility index (Phi) is 5.22. The fourth-order valence-electron chi connectivity index (χ4n) is 3.43. The van der Waals surface area contributed by atoms with E-state index in [0.717, 1.165) is 24.8 Å². The first-order valence-corrected chi connectivity index (χ1v) is 9.25. The van der Waals surface area contributed by atoms with Crippen molar-refractivity contribution >= 4 is 21.9 Å². The van der Waals surface area contributed by atoms with E-state index in [0.29, 0.717) is 16.7 Å². The van der Waals surface area contributed by atoms with Crippen LogP contribution in [0.1, 0.15) is 26.2 Å². The van der Waals surface area contributed by atoms with Crippen LogP contribution in [-0.4, -0.2) is 6.61 Å². The summed E-state index contributed by atoms with van der Waals surface area (Å²) in [6.07, 6.45) is 3.11. The van der Waals surface area contributed by atoms with Gasteiger partial charge in [0.25, 0.3) is 0 Å². The lowest BCUT2D eigenvalue weighted by molar-refractivity contribution is 0.320. The minimum atomic E-state index is -2.11. The second-order valence-corrected chi connectivity index (χ2v) is 7.17. The highest BCUT2D eigenvalue weighted by Gasteiger charge is 2.20. The summed E-state index contributed by atoms with van der Waals surface area (Å²) in [4.78, 5) is 0. The number of hydrogen-bond donors (Lipinski definition) is 0. The molecule has 0 bridgehead atoms. The second kappa shape index (κ2) is 7.81. The highest BCUT2D eigenvalue weighted by atomic mass is 19.3. The van der Waals surface area contributed by atoms with E-state index < -0.39 is 23.5 Å². The molecular weight excluding hydrogens is 388 g/mol. The van der Waals surface area contributed by atoms with Crippen molar-refractivity contribution in [3.63, 3.8) is 0 Å². The number of ether oxygens (including phenoxy) is 2. The zero-order valence-electron chi connectivity index (χ0n) is 15.6. The Hall–Kier alpha value is -2.96. The third kappa shape index (κ3) is 3.81. The van der Waals surface area contributed by atoms with Gasteiger partial charge in [0.15, 0.2) is 28.9 Å². The number of rotatable bonds is 5. The Labute approximate surface area is 164 Å². The van der Waals surface area contributed by atoms with Crippen molar-refractivity contribution in [3.8, 4) is 11.5 Å². The number of benzene rings is 2. The fourth-order valence-corrected chi connectivity index (χ4v) is 3.43. The van der Waals surface area contributed by atoms with Crippen molar-refractivity contribution in [2.75, 3.05) is 6.61 Å².